The van der Waals surface area contributed by atoms with Crippen molar-refractivity contribution < 1.29 is 14.3 Å². The maximum atomic E-state index is 11.8. The van der Waals surface area contributed by atoms with Gasteiger partial charge in [0.1, 0.15) is 18.1 Å². The number of amides is 1. The van der Waals surface area contributed by atoms with Gasteiger partial charge < -0.3 is 14.4 Å². The second-order valence-electron chi connectivity index (χ2n) is 5.26. The van der Waals surface area contributed by atoms with E-state index >= 15 is 0 Å². The lowest BCUT2D eigenvalue weighted by molar-refractivity contribution is -0.131. The Morgan fingerprint density at radius 3 is 2.29 bits per heavy atom. The van der Waals surface area contributed by atoms with E-state index in [1.165, 1.54) is 4.90 Å². The van der Waals surface area contributed by atoms with Crippen molar-refractivity contribution in [3.63, 3.8) is 0 Å². The zero-order valence-electron chi connectivity index (χ0n) is 13.6. The average molecular weight is 324 g/mol. The Balaban J connectivity index is 1.77. The fourth-order valence-corrected chi connectivity index (χ4v) is 1.97. The number of likely N-dealkylation sites (N-methyl/N-ethyl adjacent to an activating group) is 1. The van der Waals surface area contributed by atoms with Crippen LogP contribution in [0, 0.1) is 11.3 Å². The highest BCUT2D eigenvalue weighted by Crippen LogP contribution is 2.18. The highest BCUT2D eigenvalue weighted by atomic mass is 16.5. The Hall–Kier alpha value is -3.00. The molecular weight excluding hydrogens is 304 g/mol. The van der Waals surface area contributed by atoms with Crippen molar-refractivity contribution in [1.29, 1.82) is 5.26 Å². The Labute approximate surface area is 142 Å². The van der Waals surface area contributed by atoms with Crippen LogP contribution in [0.15, 0.2) is 54.6 Å². The summed E-state index contributed by atoms with van der Waals surface area (Å²) in [5.41, 5.74) is 1.10. The molecule has 0 saturated heterocycles. The molecule has 2 aromatic rings. The van der Waals surface area contributed by atoms with Gasteiger partial charge in [-0.1, -0.05) is 30.3 Å². The lowest BCUT2D eigenvalue weighted by Gasteiger charge is -2.15. The van der Waals surface area contributed by atoms with Crippen molar-refractivity contribution in [3.8, 4) is 17.6 Å². The molecule has 0 unspecified atom stereocenters. The first-order valence-corrected chi connectivity index (χ1v) is 7.69. The van der Waals surface area contributed by atoms with Crippen molar-refractivity contribution >= 4 is 5.91 Å². The van der Waals surface area contributed by atoms with Crippen LogP contribution in [0.2, 0.25) is 0 Å². The molecule has 0 bridgehead atoms. The standard InChI is InChI=1S/C19H20N2O3/c1-21(13-5-12-20)19(22)15-24-18-10-8-17(9-11-18)23-14-16-6-3-2-4-7-16/h2-4,6-11H,5,13-15H2,1H3. The summed E-state index contributed by atoms with van der Waals surface area (Å²) in [6.07, 6.45) is 0.315. The van der Waals surface area contributed by atoms with Crippen LogP contribution in [0.5, 0.6) is 11.5 Å². The maximum absolute atomic E-state index is 11.8. The van der Waals surface area contributed by atoms with Gasteiger partial charge in [-0.15, -0.1) is 0 Å². The zero-order valence-corrected chi connectivity index (χ0v) is 13.6. The molecule has 0 fully saturated rings. The fourth-order valence-electron chi connectivity index (χ4n) is 1.97. The van der Waals surface area contributed by atoms with Gasteiger partial charge in [0.05, 0.1) is 12.5 Å². The van der Waals surface area contributed by atoms with Crippen LogP contribution < -0.4 is 9.47 Å². The smallest absolute Gasteiger partial charge is 0.260 e. The molecule has 0 spiro atoms. The quantitative estimate of drug-likeness (QED) is 0.749. The Morgan fingerprint density at radius 2 is 1.67 bits per heavy atom. The summed E-state index contributed by atoms with van der Waals surface area (Å²) in [6, 6.07) is 19.1. The number of ether oxygens (including phenoxy) is 2. The van der Waals surface area contributed by atoms with Gasteiger partial charge in [0, 0.05) is 13.6 Å². The SMILES string of the molecule is CN(CCC#N)C(=O)COc1ccc(OCc2ccccc2)cc1. The van der Waals surface area contributed by atoms with E-state index in [0.29, 0.717) is 25.3 Å². The molecule has 0 N–H and O–H groups in total. The number of rotatable bonds is 8. The van der Waals surface area contributed by atoms with Crippen LogP contribution in [-0.2, 0) is 11.4 Å². The van der Waals surface area contributed by atoms with Gasteiger partial charge >= 0.3 is 0 Å². The predicted octanol–water partition coefficient (Wildman–Crippen LogP) is 3.02. The first kappa shape index (κ1) is 17.4. The molecule has 0 atom stereocenters. The summed E-state index contributed by atoms with van der Waals surface area (Å²) in [5, 5.41) is 8.52. The minimum Gasteiger partial charge on any atom is -0.489 e. The molecule has 5 heteroatoms. The third-order valence-corrected chi connectivity index (χ3v) is 3.42. The van der Waals surface area contributed by atoms with E-state index in [4.69, 9.17) is 14.7 Å². The first-order chi connectivity index (χ1) is 11.7. The molecule has 0 aromatic heterocycles. The summed E-state index contributed by atoms with van der Waals surface area (Å²) in [5.74, 6) is 1.18. The van der Waals surface area contributed by atoms with Crippen molar-refractivity contribution in [2.24, 2.45) is 0 Å². The van der Waals surface area contributed by atoms with E-state index in [1.807, 2.05) is 48.5 Å². The lowest BCUT2D eigenvalue weighted by Crippen LogP contribution is -2.32. The van der Waals surface area contributed by atoms with Crippen LogP contribution >= 0.6 is 0 Å². The molecule has 24 heavy (non-hydrogen) atoms. The predicted molar refractivity (Wildman–Crippen MR) is 90.6 cm³/mol. The normalized spacial score (nSPS) is 9.83. The first-order valence-electron chi connectivity index (χ1n) is 7.69. The number of nitriles is 1. The molecule has 0 saturated carbocycles. The van der Waals surface area contributed by atoms with Gasteiger partial charge in [0.15, 0.2) is 6.61 Å². The summed E-state index contributed by atoms with van der Waals surface area (Å²) < 4.78 is 11.2. The van der Waals surface area contributed by atoms with Gasteiger partial charge in [0.2, 0.25) is 0 Å². The van der Waals surface area contributed by atoms with E-state index in [2.05, 4.69) is 0 Å². The van der Waals surface area contributed by atoms with Crippen LogP contribution in [-0.4, -0.2) is 31.0 Å². The highest BCUT2D eigenvalue weighted by molar-refractivity contribution is 5.77. The molecule has 0 aliphatic rings. The number of hydrogen-bond donors (Lipinski definition) is 0. The summed E-state index contributed by atoms with van der Waals surface area (Å²) >= 11 is 0. The molecule has 0 radical (unpaired) electrons. The van der Waals surface area contributed by atoms with Gasteiger partial charge in [-0.2, -0.15) is 5.26 Å². The molecule has 0 aliphatic heterocycles. The zero-order chi connectivity index (χ0) is 17.2. The number of hydrogen-bond acceptors (Lipinski definition) is 4. The van der Waals surface area contributed by atoms with Crippen molar-refractivity contribution in [1.82, 2.24) is 4.90 Å². The van der Waals surface area contributed by atoms with Gasteiger partial charge in [-0.05, 0) is 29.8 Å². The number of carbonyl (C=O) groups is 1. The van der Waals surface area contributed by atoms with E-state index in [-0.39, 0.29) is 12.5 Å². The van der Waals surface area contributed by atoms with Gasteiger partial charge in [0.25, 0.3) is 5.91 Å². The number of nitrogens with zero attached hydrogens (tertiary/aromatic N) is 2. The Bertz CT molecular complexity index is 678. The summed E-state index contributed by atoms with van der Waals surface area (Å²) in [7, 11) is 1.66. The van der Waals surface area contributed by atoms with E-state index in [0.717, 1.165) is 11.3 Å². The summed E-state index contributed by atoms with van der Waals surface area (Å²) in [6.45, 7) is 0.861. The number of benzene rings is 2. The topological polar surface area (TPSA) is 62.6 Å². The van der Waals surface area contributed by atoms with E-state index in [9.17, 15) is 4.79 Å². The molecule has 0 aliphatic carbocycles. The van der Waals surface area contributed by atoms with Crippen molar-refractivity contribution in [2.45, 2.75) is 13.0 Å². The number of carbonyl (C=O) groups excluding carboxylic acids is 1. The highest BCUT2D eigenvalue weighted by Gasteiger charge is 2.09. The Kier molecular flexibility index (Phi) is 6.66. The van der Waals surface area contributed by atoms with E-state index < -0.39 is 0 Å². The maximum Gasteiger partial charge on any atom is 0.260 e. The van der Waals surface area contributed by atoms with Gasteiger partial charge in [-0.3, -0.25) is 4.79 Å². The van der Waals surface area contributed by atoms with Crippen LogP contribution in [0.1, 0.15) is 12.0 Å². The average Bonchev–Trinajstić information content (AvgIpc) is 2.64. The minimum absolute atomic E-state index is 0.0495. The van der Waals surface area contributed by atoms with Crippen molar-refractivity contribution in [2.75, 3.05) is 20.2 Å². The molecule has 2 aromatic carbocycles. The third kappa shape index (κ3) is 5.65. The second kappa shape index (κ2) is 9.21. The largest absolute Gasteiger partial charge is 0.489 e. The van der Waals surface area contributed by atoms with Gasteiger partial charge in [-0.25, -0.2) is 0 Å². The minimum atomic E-state index is -0.158. The molecular formula is C19H20N2O3. The fraction of sp³-hybridized carbons (Fsp3) is 0.263. The summed E-state index contributed by atoms with van der Waals surface area (Å²) in [4.78, 5) is 13.3. The molecule has 0 heterocycles. The molecule has 1 amide bonds. The van der Waals surface area contributed by atoms with Crippen LogP contribution in [0.4, 0.5) is 0 Å². The molecule has 5 nitrogen and oxygen atoms in total. The molecule has 2 rings (SSSR count). The van der Waals surface area contributed by atoms with Crippen molar-refractivity contribution in [3.05, 3.63) is 60.2 Å². The third-order valence-electron chi connectivity index (χ3n) is 3.42. The van der Waals surface area contributed by atoms with Crippen LogP contribution in [0.3, 0.4) is 0 Å². The van der Waals surface area contributed by atoms with E-state index in [1.54, 1.807) is 19.2 Å². The van der Waals surface area contributed by atoms with Crippen LogP contribution in [0.25, 0.3) is 0 Å². The molecule has 124 valence electrons. The monoisotopic (exact) mass is 324 g/mol. The second-order valence-corrected chi connectivity index (χ2v) is 5.26. The Morgan fingerprint density at radius 1 is 1.04 bits per heavy atom. The lowest BCUT2D eigenvalue weighted by atomic mass is 10.2.